The average molecular weight is 283 g/mol. The van der Waals surface area contributed by atoms with Crippen LogP contribution in [0.15, 0.2) is 18.2 Å². The van der Waals surface area contributed by atoms with Gasteiger partial charge in [0.2, 0.25) is 0 Å². The number of morpholine rings is 1. The molecule has 0 N–H and O–H groups in total. The van der Waals surface area contributed by atoms with E-state index in [1.54, 1.807) is 0 Å². The summed E-state index contributed by atoms with van der Waals surface area (Å²) >= 11 is 0. The van der Waals surface area contributed by atoms with Gasteiger partial charge in [0, 0.05) is 18.7 Å². The molecule has 5 heteroatoms. The first-order valence-corrected chi connectivity index (χ1v) is 6.81. The number of benzene rings is 1. The molecule has 0 radical (unpaired) electrons. The van der Waals surface area contributed by atoms with Crippen LogP contribution in [0.4, 0.5) is 8.78 Å². The minimum Gasteiger partial charge on any atom is -0.379 e. The van der Waals surface area contributed by atoms with Crippen molar-refractivity contribution in [2.75, 3.05) is 26.3 Å². The second kappa shape index (κ2) is 5.97. The molecule has 0 amide bonds. The summed E-state index contributed by atoms with van der Waals surface area (Å²) in [6, 6.07) is 3.32. The molecule has 1 heterocycles. The molecular weight excluding hydrogens is 264 g/mol. The SMILES string of the molecule is CCC(C)(C(=O)c1ccc(F)c(F)c1)N1CCOCC1. The lowest BCUT2D eigenvalue weighted by molar-refractivity contribution is -0.0106. The number of carbonyl (C=O) groups is 1. The Kier molecular flexibility index (Phi) is 4.50. The van der Waals surface area contributed by atoms with Crippen molar-refractivity contribution in [2.45, 2.75) is 25.8 Å². The molecule has 1 unspecified atom stereocenters. The Morgan fingerprint density at radius 1 is 1.30 bits per heavy atom. The first kappa shape index (κ1) is 15.1. The third-order valence-electron chi connectivity index (χ3n) is 4.07. The molecule has 1 atom stereocenters. The van der Waals surface area contributed by atoms with Crippen molar-refractivity contribution in [3.8, 4) is 0 Å². The maximum absolute atomic E-state index is 13.3. The van der Waals surface area contributed by atoms with Crippen molar-refractivity contribution in [2.24, 2.45) is 0 Å². The minimum absolute atomic E-state index is 0.180. The van der Waals surface area contributed by atoms with Crippen molar-refractivity contribution in [3.05, 3.63) is 35.4 Å². The standard InChI is InChI=1S/C15H19F2NO2/c1-3-15(2,18-6-8-20-9-7-18)14(19)11-4-5-12(16)13(17)10-11/h4-5,10H,3,6-9H2,1-2H3. The Labute approximate surface area is 117 Å². The summed E-state index contributed by atoms with van der Waals surface area (Å²) in [5, 5.41) is 0. The topological polar surface area (TPSA) is 29.5 Å². The summed E-state index contributed by atoms with van der Waals surface area (Å²) in [5.41, 5.74) is -0.506. The molecule has 1 aromatic carbocycles. The smallest absolute Gasteiger partial charge is 0.182 e. The predicted molar refractivity (Wildman–Crippen MR) is 71.8 cm³/mol. The molecule has 20 heavy (non-hydrogen) atoms. The Balaban J connectivity index is 2.29. The van der Waals surface area contributed by atoms with Crippen LogP contribution in [0.2, 0.25) is 0 Å². The lowest BCUT2D eigenvalue weighted by Gasteiger charge is -2.41. The van der Waals surface area contributed by atoms with E-state index < -0.39 is 17.2 Å². The maximum Gasteiger partial charge on any atom is 0.182 e. The van der Waals surface area contributed by atoms with Crippen molar-refractivity contribution in [1.82, 2.24) is 4.90 Å². The lowest BCUT2D eigenvalue weighted by atomic mass is 9.86. The van der Waals surface area contributed by atoms with Gasteiger partial charge in [0.15, 0.2) is 17.4 Å². The number of Topliss-reactive ketones (excluding diaryl/α,β-unsaturated/α-hetero) is 1. The number of carbonyl (C=O) groups excluding carboxylic acids is 1. The Morgan fingerprint density at radius 2 is 1.95 bits per heavy atom. The third-order valence-corrected chi connectivity index (χ3v) is 4.07. The zero-order valence-electron chi connectivity index (χ0n) is 11.8. The quantitative estimate of drug-likeness (QED) is 0.796. The van der Waals surface area contributed by atoms with Crippen LogP contribution in [0.1, 0.15) is 30.6 Å². The highest BCUT2D eigenvalue weighted by molar-refractivity contribution is 6.03. The summed E-state index contributed by atoms with van der Waals surface area (Å²) < 4.78 is 31.6. The van der Waals surface area contributed by atoms with Crippen LogP contribution in [0, 0.1) is 11.6 Å². The van der Waals surface area contributed by atoms with Crippen molar-refractivity contribution < 1.29 is 18.3 Å². The third kappa shape index (κ3) is 2.74. The highest BCUT2D eigenvalue weighted by Crippen LogP contribution is 2.26. The number of hydrogen-bond donors (Lipinski definition) is 0. The fourth-order valence-corrected chi connectivity index (χ4v) is 2.53. The number of halogens is 2. The fraction of sp³-hybridized carbons (Fsp3) is 0.533. The van der Waals surface area contributed by atoms with Crippen LogP contribution >= 0.6 is 0 Å². The van der Waals surface area contributed by atoms with Crippen LogP contribution < -0.4 is 0 Å². The molecular formula is C15H19F2NO2. The molecule has 0 aromatic heterocycles. The van der Waals surface area contributed by atoms with E-state index in [0.29, 0.717) is 32.7 Å². The highest BCUT2D eigenvalue weighted by atomic mass is 19.2. The maximum atomic E-state index is 13.3. The molecule has 0 spiro atoms. The molecule has 1 fully saturated rings. The van der Waals surface area contributed by atoms with Gasteiger partial charge in [0.05, 0.1) is 18.8 Å². The number of rotatable bonds is 4. The summed E-state index contributed by atoms with van der Waals surface area (Å²) in [6.45, 7) is 6.27. The average Bonchev–Trinajstić information content (AvgIpc) is 2.49. The number of nitrogens with zero attached hydrogens (tertiary/aromatic N) is 1. The highest BCUT2D eigenvalue weighted by Gasteiger charge is 2.39. The van der Waals surface area contributed by atoms with Crippen LogP contribution in [-0.4, -0.2) is 42.5 Å². The lowest BCUT2D eigenvalue weighted by Crippen LogP contribution is -2.56. The molecule has 110 valence electrons. The molecule has 0 bridgehead atoms. The molecule has 3 nitrogen and oxygen atoms in total. The van der Waals surface area contributed by atoms with E-state index in [0.717, 1.165) is 12.1 Å². The van der Waals surface area contributed by atoms with E-state index in [1.807, 2.05) is 13.8 Å². The second-order valence-electron chi connectivity index (χ2n) is 5.18. The van der Waals surface area contributed by atoms with Crippen molar-refractivity contribution >= 4 is 5.78 Å². The van der Waals surface area contributed by atoms with Crippen LogP contribution in [0.3, 0.4) is 0 Å². The van der Waals surface area contributed by atoms with Crippen LogP contribution in [0.5, 0.6) is 0 Å². The second-order valence-corrected chi connectivity index (χ2v) is 5.18. The van der Waals surface area contributed by atoms with Gasteiger partial charge >= 0.3 is 0 Å². The summed E-state index contributed by atoms with van der Waals surface area (Å²) in [4.78, 5) is 14.7. The fourth-order valence-electron chi connectivity index (χ4n) is 2.53. The van der Waals surface area contributed by atoms with Gasteiger partial charge in [-0.2, -0.15) is 0 Å². The Morgan fingerprint density at radius 3 is 2.50 bits per heavy atom. The largest absolute Gasteiger partial charge is 0.379 e. The van der Waals surface area contributed by atoms with E-state index in [-0.39, 0.29) is 11.3 Å². The van der Waals surface area contributed by atoms with E-state index in [2.05, 4.69) is 4.90 Å². The van der Waals surface area contributed by atoms with Gasteiger partial charge in [0.25, 0.3) is 0 Å². The van der Waals surface area contributed by atoms with Gasteiger partial charge in [-0.15, -0.1) is 0 Å². The Bertz CT molecular complexity index is 501. The minimum atomic E-state index is -0.990. The first-order valence-electron chi connectivity index (χ1n) is 6.81. The molecule has 1 aliphatic rings. The summed E-state index contributed by atoms with van der Waals surface area (Å²) in [6.07, 6.45) is 0.602. The normalized spacial score (nSPS) is 19.6. The molecule has 0 aliphatic carbocycles. The van der Waals surface area contributed by atoms with E-state index in [9.17, 15) is 13.6 Å². The summed E-state index contributed by atoms with van der Waals surface area (Å²) in [5.74, 6) is -2.11. The van der Waals surface area contributed by atoms with Crippen LogP contribution in [-0.2, 0) is 4.74 Å². The molecule has 2 rings (SSSR count). The van der Waals surface area contributed by atoms with Gasteiger partial charge in [-0.3, -0.25) is 9.69 Å². The van der Waals surface area contributed by atoms with E-state index in [4.69, 9.17) is 4.74 Å². The first-order chi connectivity index (χ1) is 9.49. The summed E-state index contributed by atoms with van der Waals surface area (Å²) in [7, 11) is 0. The molecule has 1 saturated heterocycles. The van der Waals surface area contributed by atoms with Gasteiger partial charge < -0.3 is 4.74 Å². The van der Waals surface area contributed by atoms with Gasteiger partial charge in [-0.05, 0) is 31.5 Å². The van der Waals surface area contributed by atoms with E-state index >= 15 is 0 Å². The zero-order chi connectivity index (χ0) is 14.8. The van der Waals surface area contributed by atoms with Crippen LogP contribution in [0.25, 0.3) is 0 Å². The van der Waals surface area contributed by atoms with Gasteiger partial charge in [-0.1, -0.05) is 6.92 Å². The van der Waals surface area contributed by atoms with Gasteiger partial charge in [0.1, 0.15) is 0 Å². The number of ether oxygens (including phenoxy) is 1. The van der Waals surface area contributed by atoms with Crippen molar-refractivity contribution in [1.29, 1.82) is 0 Å². The monoisotopic (exact) mass is 283 g/mol. The number of hydrogen-bond acceptors (Lipinski definition) is 3. The molecule has 1 aliphatic heterocycles. The zero-order valence-corrected chi connectivity index (χ0v) is 11.8. The predicted octanol–water partition coefficient (Wildman–Crippen LogP) is 2.65. The van der Waals surface area contributed by atoms with Crippen molar-refractivity contribution in [3.63, 3.8) is 0 Å². The molecule has 1 aromatic rings. The van der Waals surface area contributed by atoms with Gasteiger partial charge in [-0.25, -0.2) is 8.78 Å². The Hall–Kier alpha value is -1.33. The molecule has 0 saturated carbocycles. The number of ketones is 1. The van der Waals surface area contributed by atoms with E-state index in [1.165, 1.54) is 6.07 Å².